The lowest BCUT2D eigenvalue weighted by Gasteiger charge is -2.13. The molecule has 112 valence electrons. The minimum absolute atomic E-state index is 0.156. The Morgan fingerprint density at radius 2 is 1.81 bits per heavy atom. The van der Waals surface area contributed by atoms with Crippen LogP contribution in [-0.4, -0.2) is 13.5 Å². The van der Waals surface area contributed by atoms with Crippen LogP contribution < -0.4 is 4.72 Å². The van der Waals surface area contributed by atoms with E-state index in [-0.39, 0.29) is 11.5 Å². The highest BCUT2D eigenvalue weighted by molar-refractivity contribution is 7.92. The van der Waals surface area contributed by atoms with Gasteiger partial charge in [0.15, 0.2) is 0 Å². The lowest BCUT2D eigenvalue weighted by atomic mass is 10.1. The molecule has 2 aromatic rings. The molecule has 0 amide bonds. The van der Waals surface area contributed by atoms with E-state index < -0.39 is 10.0 Å². The van der Waals surface area contributed by atoms with Crippen molar-refractivity contribution in [1.82, 2.24) is 0 Å². The highest BCUT2D eigenvalue weighted by Gasteiger charge is 2.16. The zero-order chi connectivity index (χ0) is 15.5. The third-order valence-corrected chi connectivity index (χ3v) is 4.81. The summed E-state index contributed by atoms with van der Waals surface area (Å²) in [5, 5.41) is 9.27. The maximum absolute atomic E-state index is 12.5. The smallest absolute Gasteiger partial charge is 0.261 e. The minimum Gasteiger partial charge on any atom is -0.392 e. The van der Waals surface area contributed by atoms with Gasteiger partial charge < -0.3 is 5.11 Å². The SMILES string of the molecule is CCc1ccccc1NS(=O)(=O)c1ccc(C)c(CO)c1. The summed E-state index contributed by atoms with van der Waals surface area (Å²) in [4.78, 5) is 0.156. The first-order valence-electron chi connectivity index (χ1n) is 6.79. The summed E-state index contributed by atoms with van der Waals surface area (Å²) in [6.07, 6.45) is 0.745. The molecule has 0 heterocycles. The summed E-state index contributed by atoms with van der Waals surface area (Å²) >= 11 is 0. The predicted molar refractivity (Wildman–Crippen MR) is 83.7 cm³/mol. The average Bonchev–Trinajstić information content (AvgIpc) is 2.47. The molecule has 0 saturated heterocycles. The molecule has 4 nitrogen and oxygen atoms in total. The lowest BCUT2D eigenvalue weighted by Crippen LogP contribution is -2.14. The number of nitrogens with one attached hydrogen (secondary N) is 1. The Hall–Kier alpha value is -1.85. The van der Waals surface area contributed by atoms with E-state index in [2.05, 4.69) is 4.72 Å². The third-order valence-electron chi connectivity index (χ3n) is 3.44. The topological polar surface area (TPSA) is 66.4 Å². The number of hydrogen-bond acceptors (Lipinski definition) is 3. The second-order valence-electron chi connectivity index (χ2n) is 4.86. The van der Waals surface area contributed by atoms with Crippen LogP contribution in [0.15, 0.2) is 47.4 Å². The quantitative estimate of drug-likeness (QED) is 0.892. The Morgan fingerprint density at radius 3 is 2.48 bits per heavy atom. The largest absolute Gasteiger partial charge is 0.392 e. The van der Waals surface area contributed by atoms with E-state index >= 15 is 0 Å². The van der Waals surface area contributed by atoms with E-state index in [9.17, 15) is 13.5 Å². The van der Waals surface area contributed by atoms with Gasteiger partial charge in [0.05, 0.1) is 17.2 Å². The van der Waals surface area contributed by atoms with Gasteiger partial charge in [0, 0.05) is 0 Å². The highest BCUT2D eigenvalue weighted by atomic mass is 32.2. The van der Waals surface area contributed by atoms with E-state index in [0.29, 0.717) is 11.3 Å². The Balaban J connectivity index is 2.38. The summed E-state index contributed by atoms with van der Waals surface area (Å²) in [5.41, 5.74) is 3.01. The number of hydrogen-bond donors (Lipinski definition) is 2. The van der Waals surface area contributed by atoms with Gasteiger partial charge in [-0.1, -0.05) is 31.2 Å². The monoisotopic (exact) mass is 305 g/mol. The van der Waals surface area contributed by atoms with Gasteiger partial charge in [0.25, 0.3) is 10.0 Å². The van der Waals surface area contributed by atoms with Crippen molar-refractivity contribution in [2.24, 2.45) is 0 Å². The Kier molecular flexibility index (Phi) is 4.65. The standard InChI is InChI=1S/C16H19NO3S/c1-3-13-6-4-5-7-16(13)17-21(19,20)15-9-8-12(2)14(10-15)11-18/h4-10,17-18H,3,11H2,1-2H3. The molecule has 5 heteroatoms. The average molecular weight is 305 g/mol. The molecule has 2 rings (SSSR count). The van der Waals surface area contributed by atoms with E-state index in [1.165, 1.54) is 6.07 Å². The van der Waals surface area contributed by atoms with E-state index in [0.717, 1.165) is 17.5 Å². The molecule has 0 aliphatic rings. The number of anilines is 1. The van der Waals surface area contributed by atoms with Gasteiger partial charge in [-0.3, -0.25) is 4.72 Å². The summed E-state index contributed by atoms with van der Waals surface area (Å²) in [5.74, 6) is 0. The van der Waals surface area contributed by atoms with Crippen molar-refractivity contribution in [2.45, 2.75) is 31.8 Å². The van der Waals surface area contributed by atoms with Gasteiger partial charge in [0.1, 0.15) is 0 Å². The van der Waals surface area contributed by atoms with Crippen LogP contribution in [0.25, 0.3) is 0 Å². The Morgan fingerprint density at radius 1 is 1.10 bits per heavy atom. The van der Waals surface area contributed by atoms with Crippen LogP contribution in [0.5, 0.6) is 0 Å². The number of para-hydroxylation sites is 1. The van der Waals surface area contributed by atoms with E-state index in [1.807, 2.05) is 26.0 Å². The number of aliphatic hydroxyl groups is 1. The second kappa shape index (κ2) is 6.28. The summed E-state index contributed by atoms with van der Waals surface area (Å²) in [6, 6.07) is 12.1. The fraction of sp³-hybridized carbons (Fsp3) is 0.250. The molecule has 0 aliphatic carbocycles. The summed E-state index contributed by atoms with van der Waals surface area (Å²) < 4.78 is 27.5. The zero-order valence-electron chi connectivity index (χ0n) is 12.1. The minimum atomic E-state index is -3.66. The number of aryl methyl sites for hydroxylation is 2. The van der Waals surface area contributed by atoms with Gasteiger partial charge in [0.2, 0.25) is 0 Å². The number of rotatable bonds is 5. The van der Waals surface area contributed by atoms with E-state index in [1.54, 1.807) is 24.3 Å². The highest BCUT2D eigenvalue weighted by Crippen LogP contribution is 2.22. The maximum atomic E-state index is 12.5. The van der Waals surface area contributed by atoms with Crippen LogP contribution in [0.1, 0.15) is 23.6 Å². The van der Waals surface area contributed by atoms with Crippen molar-refractivity contribution in [1.29, 1.82) is 0 Å². The second-order valence-corrected chi connectivity index (χ2v) is 6.55. The van der Waals surface area contributed by atoms with Crippen LogP contribution in [0.2, 0.25) is 0 Å². The predicted octanol–water partition coefficient (Wildman–Crippen LogP) is 2.85. The molecule has 0 radical (unpaired) electrons. The van der Waals surface area contributed by atoms with E-state index in [4.69, 9.17) is 0 Å². The summed E-state index contributed by atoms with van der Waals surface area (Å²) in [7, 11) is -3.66. The zero-order valence-corrected chi connectivity index (χ0v) is 12.9. The maximum Gasteiger partial charge on any atom is 0.261 e. The molecule has 0 bridgehead atoms. The van der Waals surface area contributed by atoms with Crippen LogP contribution in [-0.2, 0) is 23.1 Å². The van der Waals surface area contributed by atoms with Gasteiger partial charge >= 0.3 is 0 Å². The van der Waals surface area contributed by atoms with Gasteiger partial charge in [-0.05, 0) is 48.2 Å². The molecular formula is C16H19NO3S. The number of benzene rings is 2. The van der Waals surface area contributed by atoms with Crippen molar-refractivity contribution in [2.75, 3.05) is 4.72 Å². The van der Waals surface area contributed by atoms with Gasteiger partial charge in [-0.2, -0.15) is 0 Å². The van der Waals surface area contributed by atoms with Crippen LogP contribution >= 0.6 is 0 Å². The third kappa shape index (κ3) is 3.43. The fourth-order valence-corrected chi connectivity index (χ4v) is 3.27. The molecule has 0 unspecified atom stereocenters. The van der Waals surface area contributed by atoms with Crippen molar-refractivity contribution in [3.63, 3.8) is 0 Å². The molecule has 0 aromatic heterocycles. The molecule has 0 saturated carbocycles. The van der Waals surface area contributed by atoms with Crippen molar-refractivity contribution >= 4 is 15.7 Å². The Labute approximate surface area is 125 Å². The summed E-state index contributed by atoms with van der Waals surface area (Å²) in [6.45, 7) is 3.63. The van der Waals surface area contributed by atoms with Crippen molar-refractivity contribution in [3.05, 3.63) is 59.2 Å². The van der Waals surface area contributed by atoms with Gasteiger partial charge in [-0.25, -0.2) is 8.42 Å². The van der Waals surface area contributed by atoms with Crippen molar-refractivity contribution in [3.8, 4) is 0 Å². The molecule has 0 spiro atoms. The lowest BCUT2D eigenvalue weighted by molar-refractivity contribution is 0.281. The van der Waals surface area contributed by atoms with Crippen LogP contribution in [0, 0.1) is 6.92 Å². The van der Waals surface area contributed by atoms with Crippen LogP contribution in [0.4, 0.5) is 5.69 Å². The molecule has 0 aliphatic heterocycles. The normalized spacial score (nSPS) is 11.4. The molecule has 0 fully saturated rings. The molecule has 0 atom stereocenters. The number of aliphatic hydroxyl groups excluding tert-OH is 1. The molecular weight excluding hydrogens is 286 g/mol. The molecule has 2 N–H and O–H groups in total. The number of sulfonamides is 1. The van der Waals surface area contributed by atoms with Gasteiger partial charge in [-0.15, -0.1) is 0 Å². The molecule has 2 aromatic carbocycles. The Bertz CT molecular complexity index is 739. The first kappa shape index (κ1) is 15.5. The molecule has 21 heavy (non-hydrogen) atoms. The first-order chi connectivity index (χ1) is 9.97. The fourth-order valence-electron chi connectivity index (χ4n) is 2.12. The van der Waals surface area contributed by atoms with Crippen molar-refractivity contribution < 1.29 is 13.5 Å². The van der Waals surface area contributed by atoms with Crippen LogP contribution in [0.3, 0.4) is 0 Å². The first-order valence-corrected chi connectivity index (χ1v) is 8.27.